The van der Waals surface area contributed by atoms with E-state index < -0.39 is 12.5 Å². The van der Waals surface area contributed by atoms with E-state index in [1.165, 1.54) is 24.5 Å². The number of nitrogens with zero attached hydrogens (tertiary/aromatic N) is 2. The smallest absolute Gasteiger partial charge is 0.387 e. The zero-order valence-corrected chi connectivity index (χ0v) is 15.2. The number of hydrogen-bond donors (Lipinski definition) is 2. The van der Waals surface area contributed by atoms with Crippen molar-refractivity contribution in [2.45, 2.75) is 13.5 Å². The molecule has 0 bridgehead atoms. The Morgan fingerprint density at radius 1 is 1.00 bits per heavy atom. The fourth-order valence-electron chi connectivity index (χ4n) is 2.41. The van der Waals surface area contributed by atoms with Crippen molar-refractivity contribution in [1.82, 2.24) is 9.97 Å². The topological polar surface area (TPSA) is 93.2 Å². The highest BCUT2D eigenvalue weighted by Gasteiger charge is 2.12. The third kappa shape index (κ3) is 5.32. The summed E-state index contributed by atoms with van der Waals surface area (Å²) in [5.74, 6) is -0.993. The van der Waals surface area contributed by atoms with Gasteiger partial charge in [-0.25, -0.2) is 4.98 Å². The Bertz CT molecular complexity index is 1010. The number of nitrogens with one attached hydrogen (secondary N) is 2. The summed E-state index contributed by atoms with van der Waals surface area (Å²) in [6.07, 6.45) is 4.07. The minimum atomic E-state index is -2.97. The van der Waals surface area contributed by atoms with Crippen LogP contribution in [0.1, 0.15) is 26.4 Å². The normalized spacial score (nSPS) is 10.5. The summed E-state index contributed by atoms with van der Waals surface area (Å²) in [5, 5.41) is 5.43. The molecule has 9 heteroatoms. The Morgan fingerprint density at radius 2 is 1.76 bits per heavy atom. The largest absolute Gasteiger partial charge is 0.433 e. The van der Waals surface area contributed by atoms with Crippen molar-refractivity contribution in [2.75, 3.05) is 10.6 Å². The zero-order chi connectivity index (χ0) is 20.8. The molecule has 0 saturated heterocycles. The molecule has 0 radical (unpaired) electrons. The standard InChI is InChI=1S/C20H16F2N4O3/c1-12-2-3-14(10-17(12)26-18(27)13-6-8-23-9-7-13)25-19(28)16-5-4-15(11-24-16)29-20(21)22/h2-11,20H,1H3,(H,25,28)(H,26,27). The second-order valence-electron chi connectivity index (χ2n) is 5.93. The van der Waals surface area contributed by atoms with E-state index in [-0.39, 0.29) is 17.4 Å². The van der Waals surface area contributed by atoms with Crippen molar-refractivity contribution in [3.63, 3.8) is 0 Å². The summed E-state index contributed by atoms with van der Waals surface area (Å²) in [6, 6.07) is 10.7. The van der Waals surface area contributed by atoms with Crippen LogP contribution in [0.2, 0.25) is 0 Å². The van der Waals surface area contributed by atoms with E-state index in [2.05, 4.69) is 25.3 Å². The van der Waals surface area contributed by atoms with Gasteiger partial charge in [0.1, 0.15) is 11.4 Å². The average molecular weight is 398 g/mol. The van der Waals surface area contributed by atoms with Gasteiger partial charge in [-0.2, -0.15) is 8.78 Å². The maximum Gasteiger partial charge on any atom is 0.387 e. The zero-order valence-electron chi connectivity index (χ0n) is 15.2. The second-order valence-corrected chi connectivity index (χ2v) is 5.93. The van der Waals surface area contributed by atoms with Gasteiger partial charge in [0.05, 0.1) is 6.20 Å². The molecule has 29 heavy (non-hydrogen) atoms. The molecule has 0 aliphatic heterocycles. The molecule has 2 N–H and O–H groups in total. The molecule has 2 amide bonds. The predicted octanol–water partition coefficient (Wildman–Crippen LogP) is 3.89. The highest BCUT2D eigenvalue weighted by Crippen LogP contribution is 2.22. The first-order valence-corrected chi connectivity index (χ1v) is 8.46. The van der Waals surface area contributed by atoms with Gasteiger partial charge < -0.3 is 15.4 Å². The van der Waals surface area contributed by atoms with Crippen molar-refractivity contribution in [3.8, 4) is 5.75 Å². The molecule has 0 saturated carbocycles. The summed E-state index contributed by atoms with van der Waals surface area (Å²) in [7, 11) is 0. The fourth-order valence-corrected chi connectivity index (χ4v) is 2.41. The lowest BCUT2D eigenvalue weighted by molar-refractivity contribution is -0.0500. The number of aryl methyl sites for hydroxylation is 1. The number of carbonyl (C=O) groups excluding carboxylic acids is 2. The molecule has 0 aliphatic carbocycles. The molecular formula is C20H16F2N4O3. The third-order valence-electron chi connectivity index (χ3n) is 3.88. The number of alkyl halides is 2. The van der Waals surface area contributed by atoms with Crippen LogP contribution in [0.25, 0.3) is 0 Å². The van der Waals surface area contributed by atoms with E-state index in [0.29, 0.717) is 16.9 Å². The van der Waals surface area contributed by atoms with Gasteiger partial charge in [-0.3, -0.25) is 14.6 Å². The maximum atomic E-state index is 12.3. The van der Waals surface area contributed by atoms with Crippen LogP contribution in [0.15, 0.2) is 61.1 Å². The van der Waals surface area contributed by atoms with Crippen LogP contribution in [0.4, 0.5) is 20.2 Å². The van der Waals surface area contributed by atoms with Crippen molar-refractivity contribution >= 4 is 23.2 Å². The highest BCUT2D eigenvalue weighted by molar-refractivity contribution is 6.06. The van der Waals surface area contributed by atoms with E-state index in [1.807, 2.05) is 6.92 Å². The van der Waals surface area contributed by atoms with Gasteiger partial charge in [-0.05, 0) is 48.9 Å². The molecule has 148 valence electrons. The Hall–Kier alpha value is -3.88. The quantitative estimate of drug-likeness (QED) is 0.657. The average Bonchev–Trinajstić information content (AvgIpc) is 2.71. The van der Waals surface area contributed by atoms with Crippen LogP contribution < -0.4 is 15.4 Å². The lowest BCUT2D eigenvalue weighted by Gasteiger charge is -2.12. The minimum Gasteiger partial charge on any atom is -0.433 e. The SMILES string of the molecule is Cc1ccc(NC(=O)c2ccc(OC(F)F)cn2)cc1NC(=O)c1ccncc1. The number of anilines is 2. The van der Waals surface area contributed by atoms with Gasteiger partial charge in [0.15, 0.2) is 0 Å². The molecule has 2 heterocycles. The van der Waals surface area contributed by atoms with Crippen LogP contribution in [0.3, 0.4) is 0 Å². The van der Waals surface area contributed by atoms with Crippen LogP contribution in [0, 0.1) is 6.92 Å². The van der Waals surface area contributed by atoms with E-state index >= 15 is 0 Å². The van der Waals surface area contributed by atoms with Gasteiger partial charge >= 0.3 is 6.61 Å². The lowest BCUT2D eigenvalue weighted by atomic mass is 10.1. The van der Waals surface area contributed by atoms with Crippen molar-refractivity contribution in [1.29, 1.82) is 0 Å². The Balaban J connectivity index is 1.70. The van der Waals surface area contributed by atoms with E-state index in [1.54, 1.807) is 30.3 Å². The van der Waals surface area contributed by atoms with Gasteiger partial charge in [0, 0.05) is 29.3 Å². The van der Waals surface area contributed by atoms with Crippen molar-refractivity contribution < 1.29 is 23.1 Å². The Labute approximate surface area is 164 Å². The molecular weight excluding hydrogens is 382 g/mol. The number of aromatic nitrogens is 2. The number of benzene rings is 1. The summed E-state index contributed by atoms with van der Waals surface area (Å²) in [5.41, 5.74) is 2.23. The van der Waals surface area contributed by atoms with Crippen molar-refractivity contribution in [3.05, 3.63) is 77.9 Å². The summed E-state index contributed by atoms with van der Waals surface area (Å²) in [6.45, 7) is -1.15. The molecule has 3 rings (SSSR count). The van der Waals surface area contributed by atoms with Gasteiger partial charge in [0.2, 0.25) is 0 Å². The third-order valence-corrected chi connectivity index (χ3v) is 3.88. The maximum absolute atomic E-state index is 12.3. The monoisotopic (exact) mass is 398 g/mol. The minimum absolute atomic E-state index is 0.0227. The number of amides is 2. The lowest BCUT2D eigenvalue weighted by Crippen LogP contribution is -2.15. The fraction of sp³-hybridized carbons (Fsp3) is 0.100. The molecule has 0 unspecified atom stereocenters. The first-order chi connectivity index (χ1) is 13.9. The number of hydrogen-bond acceptors (Lipinski definition) is 5. The van der Waals surface area contributed by atoms with Crippen LogP contribution >= 0.6 is 0 Å². The van der Waals surface area contributed by atoms with Crippen LogP contribution in [0.5, 0.6) is 5.75 Å². The Kier molecular flexibility index (Phi) is 6.08. The van der Waals surface area contributed by atoms with Gasteiger partial charge in [-0.15, -0.1) is 0 Å². The molecule has 1 aromatic carbocycles. The Morgan fingerprint density at radius 3 is 2.41 bits per heavy atom. The molecule has 0 spiro atoms. The van der Waals surface area contributed by atoms with Crippen molar-refractivity contribution in [2.24, 2.45) is 0 Å². The predicted molar refractivity (Wildman–Crippen MR) is 102 cm³/mol. The first kappa shape index (κ1) is 19.9. The number of halogens is 2. The summed E-state index contributed by atoms with van der Waals surface area (Å²) < 4.78 is 28.5. The second kappa shape index (κ2) is 8.87. The van der Waals surface area contributed by atoms with Gasteiger partial charge in [-0.1, -0.05) is 6.07 Å². The number of rotatable bonds is 6. The summed E-state index contributed by atoms with van der Waals surface area (Å²) >= 11 is 0. The first-order valence-electron chi connectivity index (χ1n) is 8.46. The van der Waals surface area contributed by atoms with E-state index in [4.69, 9.17) is 0 Å². The highest BCUT2D eigenvalue weighted by atomic mass is 19.3. The number of carbonyl (C=O) groups is 2. The van der Waals surface area contributed by atoms with E-state index in [0.717, 1.165) is 11.8 Å². The molecule has 0 atom stereocenters. The molecule has 3 aromatic rings. The summed E-state index contributed by atoms with van der Waals surface area (Å²) in [4.78, 5) is 32.3. The van der Waals surface area contributed by atoms with E-state index in [9.17, 15) is 18.4 Å². The number of pyridine rings is 2. The van der Waals surface area contributed by atoms with Gasteiger partial charge in [0.25, 0.3) is 11.8 Å². The molecule has 2 aromatic heterocycles. The molecule has 7 nitrogen and oxygen atoms in total. The number of ether oxygens (including phenoxy) is 1. The molecule has 0 aliphatic rings. The van der Waals surface area contributed by atoms with Crippen LogP contribution in [-0.4, -0.2) is 28.4 Å². The van der Waals surface area contributed by atoms with Crippen LogP contribution in [-0.2, 0) is 0 Å². The molecule has 0 fully saturated rings.